The fourth-order valence-corrected chi connectivity index (χ4v) is 5.79. The molecule has 0 bridgehead atoms. The molecule has 1 aliphatic heterocycles. The summed E-state index contributed by atoms with van der Waals surface area (Å²) in [4.78, 5) is 18.9. The SMILES string of the molecule is Cc1ccccc1C(N[C@@H](CO)CC(C)C)c1cnc(NC(=O)C2(c3ccc4c(c3)OCO4)CC2)s1. The Hall–Kier alpha value is -2.94. The summed E-state index contributed by atoms with van der Waals surface area (Å²) >= 11 is 1.47. The number of benzene rings is 2. The van der Waals surface area contributed by atoms with Gasteiger partial charge >= 0.3 is 0 Å². The van der Waals surface area contributed by atoms with Gasteiger partial charge in [0.1, 0.15) is 0 Å². The summed E-state index contributed by atoms with van der Waals surface area (Å²) in [5.74, 6) is 1.81. The number of nitrogens with one attached hydrogen (secondary N) is 2. The molecular formula is C28H33N3O4S. The third-order valence-corrected chi connectivity index (χ3v) is 7.99. The van der Waals surface area contributed by atoms with E-state index in [0.717, 1.165) is 40.8 Å². The zero-order chi connectivity index (χ0) is 25.3. The maximum absolute atomic E-state index is 13.4. The van der Waals surface area contributed by atoms with Crippen molar-refractivity contribution in [3.05, 3.63) is 70.2 Å². The number of aromatic nitrogens is 1. The number of carbonyl (C=O) groups excluding carboxylic acids is 1. The second-order valence-electron chi connectivity index (χ2n) is 10.1. The molecule has 36 heavy (non-hydrogen) atoms. The molecule has 0 radical (unpaired) electrons. The van der Waals surface area contributed by atoms with Crippen molar-refractivity contribution in [3.8, 4) is 11.5 Å². The molecule has 190 valence electrons. The summed E-state index contributed by atoms with van der Waals surface area (Å²) < 4.78 is 10.9. The van der Waals surface area contributed by atoms with Crippen molar-refractivity contribution in [2.75, 3.05) is 18.7 Å². The molecule has 5 rings (SSSR count). The lowest BCUT2D eigenvalue weighted by Gasteiger charge is -2.26. The van der Waals surface area contributed by atoms with E-state index in [1.165, 1.54) is 11.3 Å². The van der Waals surface area contributed by atoms with Gasteiger partial charge in [-0.25, -0.2) is 4.98 Å². The van der Waals surface area contributed by atoms with Crippen LogP contribution in [0.5, 0.6) is 11.5 Å². The van der Waals surface area contributed by atoms with Crippen LogP contribution in [0.4, 0.5) is 5.13 Å². The molecular weight excluding hydrogens is 474 g/mol. The van der Waals surface area contributed by atoms with Gasteiger partial charge in [-0.05, 0) is 60.9 Å². The first-order valence-electron chi connectivity index (χ1n) is 12.5. The van der Waals surface area contributed by atoms with Crippen LogP contribution in [-0.4, -0.2) is 35.4 Å². The first kappa shape index (κ1) is 24.7. The largest absolute Gasteiger partial charge is 0.454 e. The van der Waals surface area contributed by atoms with Crippen LogP contribution >= 0.6 is 11.3 Å². The van der Waals surface area contributed by atoms with Gasteiger partial charge in [0, 0.05) is 17.1 Å². The number of aliphatic hydroxyl groups excluding tert-OH is 1. The average molecular weight is 508 g/mol. The van der Waals surface area contributed by atoms with Crippen molar-refractivity contribution in [1.82, 2.24) is 10.3 Å². The van der Waals surface area contributed by atoms with Crippen LogP contribution in [0.3, 0.4) is 0 Å². The van der Waals surface area contributed by atoms with Crippen molar-refractivity contribution in [1.29, 1.82) is 0 Å². The molecule has 1 aromatic heterocycles. The van der Waals surface area contributed by atoms with Gasteiger partial charge in [0.25, 0.3) is 0 Å². The Kier molecular flexibility index (Phi) is 7.01. The van der Waals surface area contributed by atoms with E-state index in [9.17, 15) is 9.90 Å². The third kappa shape index (κ3) is 4.98. The lowest BCUT2D eigenvalue weighted by Crippen LogP contribution is -2.37. The van der Waals surface area contributed by atoms with Crippen molar-refractivity contribution in [2.45, 2.75) is 57.5 Å². The maximum Gasteiger partial charge on any atom is 0.236 e. The molecule has 2 aromatic carbocycles. The van der Waals surface area contributed by atoms with Crippen LogP contribution in [0.2, 0.25) is 0 Å². The Balaban J connectivity index is 1.36. The molecule has 1 saturated carbocycles. The Morgan fingerprint density at radius 1 is 1.17 bits per heavy atom. The first-order valence-corrected chi connectivity index (χ1v) is 13.3. The van der Waals surface area contributed by atoms with E-state index in [1.807, 2.05) is 36.5 Å². The molecule has 1 aliphatic carbocycles. The number of rotatable bonds is 10. The van der Waals surface area contributed by atoms with E-state index in [2.05, 4.69) is 48.5 Å². The normalized spacial score (nSPS) is 17.1. The highest BCUT2D eigenvalue weighted by molar-refractivity contribution is 7.15. The molecule has 8 heteroatoms. The molecule has 3 N–H and O–H groups in total. The van der Waals surface area contributed by atoms with Gasteiger partial charge in [0.15, 0.2) is 16.6 Å². The Labute approximate surface area is 215 Å². The lowest BCUT2D eigenvalue weighted by atomic mass is 9.94. The number of aliphatic hydroxyl groups is 1. The van der Waals surface area contributed by atoms with E-state index >= 15 is 0 Å². The fraction of sp³-hybridized carbons (Fsp3) is 0.429. The summed E-state index contributed by atoms with van der Waals surface area (Å²) in [5, 5.41) is 17.3. The van der Waals surface area contributed by atoms with E-state index in [-0.39, 0.29) is 31.4 Å². The van der Waals surface area contributed by atoms with E-state index < -0.39 is 5.41 Å². The minimum atomic E-state index is -0.556. The molecule has 2 atom stereocenters. The quantitative estimate of drug-likeness (QED) is 0.360. The molecule has 1 fully saturated rings. The summed E-state index contributed by atoms with van der Waals surface area (Å²) in [6, 6.07) is 13.8. The van der Waals surface area contributed by atoms with Gasteiger partial charge in [-0.15, -0.1) is 0 Å². The highest BCUT2D eigenvalue weighted by Gasteiger charge is 2.52. The zero-order valence-corrected chi connectivity index (χ0v) is 21.7. The van der Waals surface area contributed by atoms with Crippen molar-refractivity contribution in [3.63, 3.8) is 0 Å². The standard InChI is InChI=1S/C28H33N3O4S/c1-17(2)12-20(15-32)30-25(21-7-5-4-6-18(21)3)24-14-29-27(36-24)31-26(33)28(10-11-28)19-8-9-22-23(13-19)35-16-34-22/h4-9,13-14,17,20,25,30,32H,10-12,15-16H2,1-3H3,(H,29,31,33)/t20-,25?/m1/s1. The number of fused-ring (bicyclic) bond motifs is 1. The molecule has 1 unspecified atom stereocenters. The van der Waals surface area contributed by atoms with Crippen molar-refractivity contribution in [2.24, 2.45) is 5.92 Å². The summed E-state index contributed by atoms with van der Waals surface area (Å²) in [6.07, 6.45) is 4.27. The molecule has 7 nitrogen and oxygen atoms in total. The van der Waals surface area contributed by atoms with E-state index in [4.69, 9.17) is 9.47 Å². The monoisotopic (exact) mass is 507 g/mol. The van der Waals surface area contributed by atoms with Gasteiger partial charge in [0.2, 0.25) is 12.7 Å². The predicted molar refractivity (Wildman–Crippen MR) is 141 cm³/mol. The molecule has 0 spiro atoms. The number of amides is 1. The minimum absolute atomic E-state index is 0.0456. The summed E-state index contributed by atoms with van der Waals surface area (Å²) in [7, 11) is 0. The Morgan fingerprint density at radius 2 is 1.94 bits per heavy atom. The third-order valence-electron chi connectivity index (χ3n) is 7.02. The predicted octanol–water partition coefficient (Wildman–Crippen LogP) is 4.94. The molecule has 2 heterocycles. The lowest BCUT2D eigenvalue weighted by molar-refractivity contribution is -0.118. The van der Waals surface area contributed by atoms with E-state index in [0.29, 0.717) is 22.5 Å². The summed E-state index contributed by atoms with van der Waals surface area (Å²) in [5.41, 5.74) is 2.69. The Morgan fingerprint density at radius 3 is 2.67 bits per heavy atom. The van der Waals surface area contributed by atoms with Crippen LogP contribution in [0.25, 0.3) is 0 Å². The number of thiazole rings is 1. The van der Waals surface area contributed by atoms with Crippen LogP contribution < -0.4 is 20.1 Å². The molecule has 3 aromatic rings. The number of aryl methyl sites for hydroxylation is 1. The number of carbonyl (C=O) groups is 1. The van der Waals surface area contributed by atoms with Crippen molar-refractivity contribution < 1.29 is 19.4 Å². The van der Waals surface area contributed by atoms with Crippen molar-refractivity contribution >= 4 is 22.4 Å². The van der Waals surface area contributed by atoms with Gasteiger partial charge in [-0.2, -0.15) is 0 Å². The summed E-state index contributed by atoms with van der Waals surface area (Å²) in [6.45, 7) is 6.67. The highest BCUT2D eigenvalue weighted by atomic mass is 32.1. The smallest absolute Gasteiger partial charge is 0.236 e. The van der Waals surface area contributed by atoms with Crippen LogP contribution in [0.15, 0.2) is 48.7 Å². The van der Waals surface area contributed by atoms with Gasteiger partial charge < -0.3 is 25.2 Å². The maximum atomic E-state index is 13.4. The van der Waals surface area contributed by atoms with Gasteiger partial charge in [-0.3, -0.25) is 4.79 Å². The zero-order valence-electron chi connectivity index (χ0n) is 20.9. The second-order valence-corrected chi connectivity index (χ2v) is 11.2. The van der Waals surface area contributed by atoms with Crippen LogP contribution in [0.1, 0.15) is 60.7 Å². The number of hydrogen-bond donors (Lipinski definition) is 3. The first-order chi connectivity index (χ1) is 17.4. The fourth-order valence-electron chi connectivity index (χ4n) is 4.90. The van der Waals surface area contributed by atoms with E-state index in [1.54, 1.807) is 0 Å². The highest BCUT2D eigenvalue weighted by Crippen LogP contribution is 2.51. The number of nitrogens with zero attached hydrogens (tertiary/aromatic N) is 1. The second kappa shape index (κ2) is 10.2. The topological polar surface area (TPSA) is 92.7 Å². The molecule has 2 aliphatic rings. The van der Waals surface area contributed by atoms with Gasteiger partial charge in [0.05, 0.1) is 18.1 Å². The number of hydrogen-bond acceptors (Lipinski definition) is 7. The van der Waals surface area contributed by atoms with Crippen LogP contribution in [0, 0.1) is 12.8 Å². The van der Waals surface area contributed by atoms with Gasteiger partial charge in [-0.1, -0.05) is 55.5 Å². The minimum Gasteiger partial charge on any atom is -0.454 e. The number of ether oxygens (including phenoxy) is 2. The Bertz CT molecular complexity index is 1240. The molecule has 0 saturated heterocycles. The molecule has 1 amide bonds. The average Bonchev–Trinajstić information content (AvgIpc) is 3.32. The van der Waals surface area contributed by atoms with Crippen LogP contribution in [-0.2, 0) is 10.2 Å². The number of anilines is 1.